The topological polar surface area (TPSA) is 41.1 Å². The van der Waals surface area contributed by atoms with Crippen molar-refractivity contribution in [2.45, 2.75) is 13.3 Å². The van der Waals surface area contributed by atoms with E-state index >= 15 is 0 Å². The van der Waals surface area contributed by atoms with Gasteiger partial charge in [0, 0.05) is 13.1 Å². The molecule has 0 unspecified atom stereocenters. The fraction of sp³-hybridized carbons (Fsp3) is 0.500. The first-order valence-electron chi connectivity index (χ1n) is 4.98. The highest BCUT2D eigenvalue weighted by molar-refractivity contribution is 7.17. The van der Waals surface area contributed by atoms with Crippen molar-refractivity contribution < 1.29 is 4.79 Å². The first-order valence-corrected chi connectivity index (χ1v) is 6.17. The summed E-state index contributed by atoms with van der Waals surface area (Å²) in [5.74, 6) is -0.0507. The summed E-state index contributed by atoms with van der Waals surface area (Å²) in [6, 6.07) is 3.47. The number of amides is 1. The lowest BCUT2D eigenvalue weighted by molar-refractivity contribution is 0.0958. The van der Waals surface area contributed by atoms with Gasteiger partial charge in [-0.2, -0.15) is 0 Å². The Hall–Kier alpha value is -0.290. The van der Waals surface area contributed by atoms with Gasteiger partial charge in [-0.1, -0.05) is 18.5 Å². The zero-order valence-electron chi connectivity index (χ0n) is 9.09. The Morgan fingerprint density at radius 2 is 2.12 bits per heavy atom. The number of halogens is 2. The Balaban J connectivity index is 0.00000225. The van der Waals surface area contributed by atoms with Crippen molar-refractivity contribution in [3.8, 4) is 0 Å². The smallest absolute Gasteiger partial charge is 0.261 e. The first-order chi connectivity index (χ1) is 7.24. The number of hydrogen-bond donors (Lipinski definition) is 2. The summed E-state index contributed by atoms with van der Waals surface area (Å²) < 4.78 is 0.643. The van der Waals surface area contributed by atoms with E-state index in [2.05, 4.69) is 17.6 Å². The molecule has 92 valence electrons. The Bertz CT molecular complexity index is 318. The summed E-state index contributed by atoms with van der Waals surface area (Å²) in [6.07, 6.45) is 1.11. The molecule has 16 heavy (non-hydrogen) atoms. The lowest BCUT2D eigenvalue weighted by atomic mass is 10.4. The quantitative estimate of drug-likeness (QED) is 0.788. The molecule has 1 heterocycles. The third-order valence-electron chi connectivity index (χ3n) is 1.81. The van der Waals surface area contributed by atoms with Crippen LogP contribution in [0.4, 0.5) is 0 Å². The molecule has 1 aromatic rings. The minimum Gasteiger partial charge on any atom is -0.350 e. The van der Waals surface area contributed by atoms with Gasteiger partial charge in [-0.05, 0) is 25.1 Å². The van der Waals surface area contributed by atoms with Crippen LogP contribution in [0.15, 0.2) is 12.1 Å². The van der Waals surface area contributed by atoms with Gasteiger partial charge in [-0.3, -0.25) is 4.79 Å². The molecule has 0 aliphatic rings. The molecule has 0 bridgehead atoms. The fourth-order valence-corrected chi connectivity index (χ4v) is 2.05. The second-order valence-electron chi connectivity index (χ2n) is 3.11. The Morgan fingerprint density at radius 1 is 1.38 bits per heavy atom. The third-order valence-corrected chi connectivity index (χ3v) is 3.04. The Morgan fingerprint density at radius 3 is 2.69 bits per heavy atom. The van der Waals surface area contributed by atoms with Gasteiger partial charge in [0.05, 0.1) is 9.21 Å². The first kappa shape index (κ1) is 15.7. The van der Waals surface area contributed by atoms with E-state index in [0.717, 1.165) is 19.5 Å². The minimum absolute atomic E-state index is 0. The SMILES string of the molecule is CCCNCCNC(=O)c1ccc(Cl)s1.Cl. The van der Waals surface area contributed by atoms with Crippen molar-refractivity contribution in [1.82, 2.24) is 10.6 Å². The molecule has 0 aliphatic heterocycles. The average Bonchev–Trinajstić information content (AvgIpc) is 2.64. The van der Waals surface area contributed by atoms with Gasteiger partial charge >= 0.3 is 0 Å². The van der Waals surface area contributed by atoms with E-state index in [-0.39, 0.29) is 18.3 Å². The molecule has 0 saturated carbocycles. The van der Waals surface area contributed by atoms with E-state index in [1.165, 1.54) is 11.3 Å². The molecule has 1 aromatic heterocycles. The molecule has 0 radical (unpaired) electrons. The lowest BCUT2D eigenvalue weighted by Gasteiger charge is -2.04. The van der Waals surface area contributed by atoms with Crippen molar-refractivity contribution in [2.24, 2.45) is 0 Å². The van der Waals surface area contributed by atoms with Gasteiger partial charge in [0.2, 0.25) is 0 Å². The van der Waals surface area contributed by atoms with Gasteiger partial charge in [0.1, 0.15) is 0 Å². The van der Waals surface area contributed by atoms with Gasteiger partial charge < -0.3 is 10.6 Å². The van der Waals surface area contributed by atoms with Crippen LogP contribution in [0, 0.1) is 0 Å². The molecule has 0 aromatic carbocycles. The zero-order valence-corrected chi connectivity index (χ0v) is 11.5. The molecule has 2 N–H and O–H groups in total. The van der Waals surface area contributed by atoms with Gasteiger partial charge in [-0.25, -0.2) is 0 Å². The highest BCUT2D eigenvalue weighted by Gasteiger charge is 2.06. The number of thiophene rings is 1. The van der Waals surface area contributed by atoms with Crippen molar-refractivity contribution >= 4 is 41.3 Å². The normalized spacial score (nSPS) is 9.62. The largest absolute Gasteiger partial charge is 0.350 e. The van der Waals surface area contributed by atoms with Crippen LogP contribution in [0.25, 0.3) is 0 Å². The number of hydrogen-bond acceptors (Lipinski definition) is 3. The average molecular weight is 283 g/mol. The molecule has 3 nitrogen and oxygen atoms in total. The summed E-state index contributed by atoms with van der Waals surface area (Å²) >= 11 is 7.03. The number of carbonyl (C=O) groups excluding carboxylic acids is 1. The molecule has 0 spiro atoms. The van der Waals surface area contributed by atoms with Crippen molar-refractivity contribution in [2.75, 3.05) is 19.6 Å². The Labute approximate surface area is 111 Å². The molecule has 0 saturated heterocycles. The zero-order chi connectivity index (χ0) is 11.1. The van der Waals surface area contributed by atoms with Gasteiger partial charge in [-0.15, -0.1) is 23.7 Å². The third kappa shape index (κ3) is 5.70. The van der Waals surface area contributed by atoms with Crippen LogP contribution in [-0.4, -0.2) is 25.5 Å². The Kier molecular flexibility index (Phi) is 8.66. The molecular formula is C10H16Cl2N2OS. The highest BCUT2D eigenvalue weighted by Crippen LogP contribution is 2.20. The fourth-order valence-electron chi connectivity index (χ4n) is 1.09. The highest BCUT2D eigenvalue weighted by atomic mass is 35.5. The van der Waals surface area contributed by atoms with E-state index in [9.17, 15) is 4.79 Å². The van der Waals surface area contributed by atoms with Crippen LogP contribution >= 0.6 is 35.3 Å². The molecule has 0 fully saturated rings. The molecule has 6 heteroatoms. The van der Waals surface area contributed by atoms with Gasteiger partial charge in [0.25, 0.3) is 5.91 Å². The van der Waals surface area contributed by atoms with E-state index < -0.39 is 0 Å². The summed E-state index contributed by atoms with van der Waals surface area (Å²) in [7, 11) is 0. The molecule has 1 amide bonds. The predicted octanol–water partition coefficient (Wildman–Crippen LogP) is 2.55. The molecule has 0 aliphatic carbocycles. The lowest BCUT2D eigenvalue weighted by Crippen LogP contribution is -2.31. The van der Waals surface area contributed by atoms with Crippen LogP contribution < -0.4 is 10.6 Å². The predicted molar refractivity (Wildman–Crippen MR) is 72.1 cm³/mol. The summed E-state index contributed by atoms with van der Waals surface area (Å²) in [4.78, 5) is 12.2. The number of carbonyl (C=O) groups is 1. The van der Waals surface area contributed by atoms with Crippen LogP contribution in [-0.2, 0) is 0 Å². The second-order valence-corrected chi connectivity index (χ2v) is 4.82. The van der Waals surface area contributed by atoms with Crippen LogP contribution in [0.1, 0.15) is 23.0 Å². The van der Waals surface area contributed by atoms with Crippen LogP contribution in [0.2, 0.25) is 4.34 Å². The molecule has 0 atom stereocenters. The number of nitrogens with one attached hydrogen (secondary N) is 2. The monoisotopic (exact) mass is 282 g/mol. The summed E-state index contributed by atoms with van der Waals surface area (Å²) in [6.45, 7) is 4.55. The maximum absolute atomic E-state index is 11.5. The second kappa shape index (κ2) is 8.82. The molecular weight excluding hydrogens is 267 g/mol. The van der Waals surface area contributed by atoms with Crippen LogP contribution in [0.5, 0.6) is 0 Å². The maximum atomic E-state index is 11.5. The van der Waals surface area contributed by atoms with E-state index in [0.29, 0.717) is 15.8 Å². The van der Waals surface area contributed by atoms with Gasteiger partial charge in [0.15, 0.2) is 0 Å². The molecule has 1 rings (SSSR count). The van der Waals surface area contributed by atoms with Crippen LogP contribution in [0.3, 0.4) is 0 Å². The summed E-state index contributed by atoms with van der Waals surface area (Å²) in [5, 5.41) is 6.03. The van der Waals surface area contributed by atoms with Crippen molar-refractivity contribution in [1.29, 1.82) is 0 Å². The van der Waals surface area contributed by atoms with E-state index in [1.807, 2.05) is 0 Å². The van der Waals surface area contributed by atoms with Crippen molar-refractivity contribution in [3.05, 3.63) is 21.3 Å². The maximum Gasteiger partial charge on any atom is 0.261 e. The summed E-state index contributed by atoms with van der Waals surface area (Å²) in [5.41, 5.74) is 0. The van der Waals surface area contributed by atoms with Crippen molar-refractivity contribution in [3.63, 3.8) is 0 Å². The van der Waals surface area contributed by atoms with E-state index in [1.54, 1.807) is 12.1 Å². The van der Waals surface area contributed by atoms with E-state index in [4.69, 9.17) is 11.6 Å². The minimum atomic E-state index is -0.0507. The number of rotatable bonds is 6. The standard InChI is InChI=1S/C10H15ClN2OS.ClH/c1-2-5-12-6-7-13-10(14)8-3-4-9(11)15-8;/h3-4,12H,2,5-7H2,1H3,(H,13,14);1H.